The van der Waals surface area contributed by atoms with Crippen LogP contribution in [0.4, 0.5) is 5.69 Å². The van der Waals surface area contributed by atoms with E-state index in [0.717, 1.165) is 17.8 Å². The van der Waals surface area contributed by atoms with Crippen molar-refractivity contribution in [2.75, 3.05) is 6.54 Å². The summed E-state index contributed by atoms with van der Waals surface area (Å²) in [6.45, 7) is 0.460. The molecule has 2 aromatic heterocycles. The van der Waals surface area contributed by atoms with Gasteiger partial charge in [0, 0.05) is 31.1 Å². The number of non-ortho nitro benzene ring substituents is 1. The highest BCUT2D eigenvalue weighted by Crippen LogP contribution is 2.16. The molecule has 0 radical (unpaired) electrons. The first-order valence-electron chi connectivity index (χ1n) is 7.65. The Labute approximate surface area is 149 Å². The molecule has 0 amide bonds. The molecule has 26 heavy (non-hydrogen) atoms. The summed E-state index contributed by atoms with van der Waals surface area (Å²) in [5.74, 6) is 0. The Kier molecular flexibility index (Phi) is 5.05. The number of hydrogen-bond donors (Lipinski definition) is 1. The topological polar surface area (TPSA) is 120 Å². The molecule has 1 aromatic carbocycles. The van der Waals surface area contributed by atoms with E-state index in [1.54, 1.807) is 23.1 Å². The minimum Gasteiger partial charge on any atom is -0.271 e. The first kappa shape index (κ1) is 17.7. The predicted molar refractivity (Wildman–Crippen MR) is 93.7 cm³/mol. The average Bonchev–Trinajstić information content (AvgIpc) is 3.11. The van der Waals surface area contributed by atoms with Crippen LogP contribution in [0.15, 0.2) is 65.8 Å². The molecule has 0 atom stereocenters. The molecule has 2 heterocycles. The number of nitro groups is 1. The summed E-state index contributed by atoms with van der Waals surface area (Å²) in [7, 11) is -3.74. The van der Waals surface area contributed by atoms with Crippen LogP contribution in [0.25, 0.3) is 11.4 Å². The maximum Gasteiger partial charge on any atom is 0.269 e. The van der Waals surface area contributed by atoms with E-state index in [4.69, 9.17) is 0 Å². The zero-order chi connectivity index (χ0) is 18.6. The SMILES string of the molecule is O=[N+]([O-])c1ccc(S(=O)(=O)NCCn2ccc(-c3ccccn3)n2)cc1. The predicted octanol–water partition coefficient (Wildman–Crippen LogP) is 1.83. The second kappa shape index (κ2) is 7.42. The summed E-state index contributed by atoms with van der Waals surface area (Å²) >= 11 is 0. The molecule has 9 nitrogen and oxygen atoms in total. The lowest BCUT2D eigenvalue weighted by atomic mass is 10.3. The number of hydrogen-bond acceptors (Lipinski definition) is 6. The molecule has 0 unspecified atom stereocenters. The Morgan fingerprint density at radius 1 is 1.08 bits per heavy atom. The molecule has 0 fully saturated rings. The number of nitro benzene ring substituents is 1. The van der Waals surface area contributed by atoms with Gasteiger partial charge in [0.05, 0.1) is 22.1 Å². The Morgan fingerprint density at radius 3 is 2.50 bits per heavy atom. The second-order valence-electron chi connectivity index (χ2n) is 5.33. The van der Waals surface area contributed by atoms with Crippen LogP contribution in [0, 0.1) is 10.1 Å². The fourth-order valence-corrected chi connectivity index (χ4v) is 3.28. The third kappa shape index (κ3) is 4.10. The number of pyridine rings is 1. The molecule has 3 rings (SSSR count). The number of rotatable bonds is 7. The maximum absolute atomic E-state index is 12.2. The van der Waals surface area contributed by atoms with E-state index in [1.165, 1.54) is 12.1 Å². The van der Waals surface area contributed by atoms with Crippen molar-refractivity contribution < 1.29 is 13.3 Å². The molecule has 0 aliphatic carbocycles. The summed E-state index contributed by atoms with van der Waals surface area (Å²) in [6, 6.07) is 12.0. The Balaban J connectivity index is 1.60. The van der Waals surface area contributed by atoms with Crippen LogP contribution >= 0.6 is 0 Å². The van der Waals surface area contributed by atoms with Gasteiger partial charge in [-0.25, -0.2) is 13.1 Å². The Bertz CT molecular complexity index is 1000. The third-order valence-electron chi connectivity index (χ3n) is 3.56. The van der Waals surface area contributed by atoms with Crippen molar-refractivity contribution in [3.63, 3.8) is 0 Å². The van der Waals surface area contributed by atoms with Gasteiger partial charge in [-0.3, -0.25) is 19.8 Å². The van der Waals surface area contributed by atoms with Crippen LogP contribution in [-0.2, 0) is 16.6 Å². The van der Waals surface area contributed by atoms with E-state index < -0.39 is 14.9 Å². The summed E-state index contributed by atoms with van der Waals surface area (Å²) in [6.07, 6.45) is 3.41. The van der Waals surface area contributed by atoms with Crippen molar-refractivity contribution in [1.82, 2.24) is 19.5 Å². The van der Waals surface area contributed by atoms with Crippen molar-refractivity contribution in [3.05, 3.63) is 71.0 Å². The quantitative estimate of drug-likeness (QED) is 0.498. The van der Waals surface area contributed by atoms with Crippen molar-refractivity contribution in [2.45, 2.75) is 11.4 Å². The molecule has 1 N–H and O–H groups in total. The lowest BCUT2D eigenvalue weighted by Crippen LogP contribution is -2.27. The number of sulfonamides is 1. The monoisotopic (exact) mass is 373 g/mol. The summed E-state index contributed by atoms with van der Waals surface area (Å²) in [5.41, 5.74) is 1.27. The van der Waals surface area contributed by atoms with E-state index in [1.807, 2.05) is 18.2 Å². The first-order chi connectivity index (χ1) is 12.5. The van der Waals surface area contributed by atoms with E-state index in [2.05, 4.69) is 14.8 Å². The molecule has 10 heteroatoms. The van der Waals surface area contributed by atoms with Gasteiger partial charge < -0.3 is 0 Å². The van der Waals surface area contributed by atoms with Gasteiger partial charge in [0.15, 0.2) is 0 Å². The fourth-order valence-electron chi connectivity index (χ4n) is 2.26. The molecule has 0 bridgehead atoms. The standard InChI is InChI=1S/C16H15N5O4S/c22-21(23)13-4-6-14(7-5-13)26(24,25)18-10-12-20-11-8-16(19-20)15-3-1-2-9-17-15/h1-9,11,18H,10,12H2. The lowest BCUT2D eigenvalue weighted by molar-refractivity contribution is -0.384. The van der Waals surface area contributed by atoms with Crippen molar-refractivity contribution in [3.8, 4) is 11.4 Å². The van der Waals surface area contributed by atoms with E-state index >= 15 is 0 Å². The van der Waals surface area contributed by atoms with Crippen molar-refractivity contribution in [2.24, 2.45) is 0 Å². The minimum atomic E-state index is -3.74. The van der Waals surface area contributed by atoms with Crippen LogP contribution in [0.1, 0.15) is 0 Å². The van der Waals surface area contributed by atoms with E-state index in [0.29, 0.717) is 12.2 Å². The van der Waals surface area contributed by atoms with Gasteiger partial charge in [0.25, 0.3) is 5.69 Å². The summed E-state index contributed by atoms with van der Waals surface area (Å²) < 4.78 is 28.5. The molecule has 0 saturated carbocycles. The van der Waals surface area contributed by atoms with Crippen LogP contribution < -0.4 is 4.72 Å². The van der Waals surface area contributed by atoms with Gasteiger partial charge in [-0.05, 0) is 30.3 Å². The Morgan fingerprint density at radius 2 is 1.85 bits per heavy atom. The highest BCUT2D eigenvalue weighted by molar-refractivity contribution is 7.89. The van der Waals surface area contributed by atoms with Gasteiger partial charge in [0.1, 0.15) is 5.69 Å². The van der Waals surface area contributed by atoms with Gasteiger partial charge in [-0.2, -0.15) is 5.10 Å². The van der Waals surface area contributed by atoms with Crippen LogP contribution in [0.5, 0.6) is 0 Å². The van der Waals surface area contributed by atoms with Crippen LogP contribution in [0.2, 0.25) is 0 Å². The Hall–Kier alpha value is -3.11. The zero-order valence-corrected chi connectivity index (χ0v) is 14.3. The van der Waals surface area contributed by atoms with Gasteiger partial charge >= 0.3 is 0 Å². The van der Waals surface area contributed by atoms with Crippen LogP contribution in [0.3, 0.4) is 0 Å². The normalized spacial score (nSPS) is 11.4. The molecular formula is C16H15N5O4S. The molecule has 0 aliphatic heterocycles. The fraction of sp³-hybridized carbons (Fsp3) is 0.125. The third-order valence-corrected chi connectivity index (χ3v) is 5.04. The minimum absolute atomic E-state index is 0.0299. The highest BCUT2D eigenvalue weighted by Gasteiger charge is 2.15. The molecule has 0 aliphatic rings. The van der Waals surface area contributed by atoms with Crippen LogP contribution in [-0.4, -0.2) is 34.7 Å². The molecular weight excluding hydrogens is 358 g/mol. The summed E-state index contributed by atoms with van der Waals surface area (Å²) in [4.78, 5) is 14.2. The smallest absolute Gasteiger partial charge is 0.269 e. The zero-order valence-electron chi connectivity index (χ0n) is 13.5. The summed E-state index contributed by atoms with van der Waals surface area (Å²) in [5, 5.41) is 15.0. The lowest BCUT2D eigenvalue weighted by Gasteiger charge is -2.07. The number of aromatic nitrogens is 3. The number of benzene rings is 1. The van der Waals surface area contributed by atoms with E-state index in [-0.39, 0.29) is 17.1 Å². The average molecular weight is 373 g/mol. The largest absolute Gasteiger partial charge is 0.271 e. The van der Waals surface area contributed by atoms with Gasteiger partial charge in [-0.1, -0.05) is 6.07 Å². The molecule has 0 saturated heterocycles. The first-order valence-corrected chi connectivity index (χ1v) is 9.13. The maximum atomic E-state index is 12.2. The molecule has 3 aromatic rings. The number of nitrogens with zero attached hydrogens (tertiary/aromatic N) is 4. The molecule has 0 spiro atoms. The second-order valence-corrected chi connectivity index (χ2v) is 7.09. The van der Waals surface area contributed by atoms with E-state index in [9.17, 15) is 18.5 Å². The van der Waals surface area contributed by atoms with Crippen molar-refractivity contribution >= 4 is 15.7 Å². The van der Waals surface area contributed by atoms with Crippen molar-refractivity contribution in [1.29, 1.82) is 0 Å². The number of nitrogens with one attached hydrogen (secondary N) is 1. The molecule has 134 valence electrons. The highest BCUT2D eigenvalue weighted by atomic mass is 32.2. The van der Waals surface area contributed by atoms with Gasteiger partial charge in [-0.15, -0.1) is 0 Å². The van der Waals surface area contributed by atoms with Gasteiger partial charge in [0.2, 0.25) is 10.0 Å².